The highest BCUT2D eigenvalue weighted by atomic mass is 19.3. The van der Waals surface area contributed by atoms with Crippen LogP contribution in [-0.4, -0.2) is 38.8 Å². The fraction of sp³-hybridized carbons (Fsp3) is 0.200. The third kappa shape index (κ3) is 8.25. The van der Waals surface area contributed by atoms with Gasteiger partial charge < -0.3 is 24.3 Å². The van der Waals surface area contributed by atoms with Crippen molar-refractivity contribution >= 4 is 23.6 Å². The summed E-state index contributed by atoms with van der Waals surface area (Å²) in [6, 6.07) is 9.19. The van der Waals surface area contributed by atoms with E-state index in [2.05, 4.69) is 14.8 Å². The van der Waals surface area contributed by atoms with Crippen molar-refractivity contribution in [1.82, 2.24) is 0 Å². The quantitative estimate of drug-likeness (QED) is 0.338. The summed E-state index contributed by atoms with van der Waals surface area (Å²) in [5, 5.41) is 2.41. The minimum Gasteiger partial charge on any atom is -0.493 e. The van der Waals surface area contributed by atoms with Gasteiger partial charge in [0, 0.05) is 11.8 Å². The number of ether oxygens (including phenoxy) is 4. The van der Waals surface area contributed by atoms with E-state index in [9.17, 15) is 27.2 Å². The third-order valence-corrected chi connectivity index (χ3v) is 3.52. The van der Waals surface area contributed by atoms with Crippen LogP contribution in [0, 0.1) is 0 Å². The number of anilines is 1. The first-order valence-corrected chi connectivity index (χ1v) is 8.59. The molecule has 7 nitrogen and oxygen atoms in total. The van der Waals surface area contributed by atoms with Crippen molar-refractivity contribution in [2.45, 2.75) is 13.2 Å². The van der Waals surface area contributed by atoms with E-state index in [1.807, 2.05) is 0 Å². The van der Waals surface area contributed by atoms with E-state index in [4.69, 9.17) is 9.47 Å². The number of benzene rings is 2. The topological polar surface area (TPSA) is 83.1 Å². The van der Waals surface area contributed by atoms with Gasteiger partial charge in [-0.05, 0) is 48.0 Å². The van der Waals surface area contributed by atoms with Crippen LogP contribution in [0.25, 0.3) is 6.08 Å². The molecular weight excluding hydrogens is 426 g/mol. The number of halogens is 4. The SMILES string of the molecule is COc1cc(C=CC(=O)OCC(=O)Nc2ccc(OC(F)F)cc2)ccc1OC(F)F. The van der Waals surface area contributed by atoms with Gasteiger partial charge in [-0.2, -0.15) is 17.6 Å². The van der Waals surface area contributed by atoms with Crippen molar-refractivity contribution in [1.29, 1.82) is 0 Å². The average Bonchev–Trinajstić information content (AvgIpc) is 2.72. The van der Waals surface area contributed by atoms with Crippen molar-refractivity contribution in [3.05, 3.63) is 54.1 Å². The third-order valence-electron chi connectivity index (χ3n) is 3.52. The molecule has 0 saturated carbocycles. The van der Waals surface area contributed by atoms with Crippen LogP contribution in [0.15, 0.2) is 48.5 Å². The number of carbonyl (C=O) groups is 2. The summed E-state index contributed by atoms with van der Waals surface area (Å²) in [5.41, 5.74) is 0.724. The van der Waals surface area contributed by atoms with Gasteiger partial charge in [0.15, 0.2) is 18.1 Å². The van der Waals surface area contributed by atoms with Crippen LogP contribution in [-0.2, 0) is 14.3 Å². The zero-order chi connectivity index (χ0) is 22.8. The number of rotatable bonds is 10. The Morgan fingerprint density at radius 2 is 1.65 bits per heavy atom. The van der Waals surface area contributed by atoms with Crippen LogP contribution in [0.5, 0.6) is 17.2 Å². The fourth-order valence-corrected chi connectivity index (χ4v) is 2.25. The van der Waals surface area contributed by atoms with E-state index in [-0.39, 0.29) is 22.9 Å². The highest BCUT2D eigenvalue weighted by molar-refractivity contribution is 5.94. The van der Waals surface area contributed by atoms with Gasteiger partial charge in [0.05, 0.1) is 7.11 Å². The number of alkyl halides is 4. The Bertz CT molecular complexity index is 918. The van der Waals surface area contributed by atoms with Crippen LogP contribution < -0.4 is 19.5 Å². The fourth-order valence-electron chi connectivity index (χ4n) is 2.25. The van der Waals surface area contributed by atoms with Crippen molar-refractivity contribution in [2.75, 3.05) is 19.0 Å². The van der Waals surface area contributed by atoms with E-state index in [0.717, 1.165) is 6.08 Å². The molecule has 0 aromatic heterocycles. The lowest BCUT2D eigenvalue weighted by molar-refractivity contribution is -0.142. The Labute approximate surface area is 174 Å². The Morgan fingerprint density at radius 1 is 0.968 bits per heavy atom. The lowest BCUT2D eigenvalue weighted by Gasteiger charge is -2.10. The highest BCUT2D eigenvalue weighted by Crippen LogP contribution is 2.29. The smallest absolute Gasteiger partial charge is 0.387 e. The molecular formula is C20H17F4NO6. The highest BCUT2D eigenvalue weighted by Gasteiger charge is 2.11. The van der Waals surface area contributed by atoms with Crippen LogP contribution >= 0.6 is 0 Å². The second-order valence-electron chi connectivity index (χ2n) is 5.68. The molecule has 0 unspecified atom stereocenters. The zero-order valence-electron chi connectivity index (χ0n) is 16.0. The minimum atomic E-state index is -3.01. The predicted octanol–water partition coefficient (Wildman–Crippen LogP) is 4.09. The standard InChI is InChI=1S/C20H17F4NO6/c1-28-16-10-12(2-8-15(16)31-20(23)24)3-9-18(27)29-11-17(26)25-13-4-6-14(7-5-13)30-19(21)22/h2-10,19-20H,11H2,1H3,(H,25,26). The maximum absolute atomic E-state index is 12.3. The summed E-state index contributed by atoms with van der Waals surface area (Å²) >= 11 is 0. The summed E-state index contributed by atoms with van der Waals surface area (Å²) in [4.78, 5) is 23.6. The molecule has 11 heteroatoms. The number of methoxy groups -OCH3 is 1. The van der Waals surface area contributed by atoms with Crippen molar-refractivity contribution in [2.24, 2.45) is 0 Å². The van der Waals surface area contributed by atoms with E-state index < -0.39 is 31.7 Å². The largest absolute Gasteiger partial charge is 0.493 e. The van der Waals surface area contributed by atoms with Gasteiger partial charge in [-0.3, -0.25) is 4.79 Å². The Morgan fingerprint density at radius 3 is 2.26 bits per heavy atom. The molecule has 0 aliphatic carbocycles. The lowest BCUT2D eigenvalue weighted by atomic mass is 10.2. The second kappa shape index (κ2) is 11.4. The molecule has 0 fully saturated rings. The molecule has 0 spiro atoms. The minimum absolute atomic E-state index is 0.0418. The second-order valence-corrected chi connectivity index (χ2v) is 5.68. The first-order valence-electron chi connectivity index (χ1n) is 8.59. The van der Waals surface area contributed by atoms with Gasteiger partial charge >= 0.3 is 19.2 Å². The average molecular weight is 443 g/mol. The summed E-state index contributed by atoms with van der Waals surface area (Å²) < 4.78 is 67.1. The van der Waals surface area contributed by atoms with E-state index >= 15 is 0 Å². The van der Waals surface area contributed by atoms with Gasteiger partial charge in [-0.25, -0.2) is 4.79 Å². The molecule has 166 valence electrons. The maximum atomic E-state index is 12.3. The van der Waals surface area contributed by atoms with Crippen molar-refractivity contribution in [3.63, 3.8) is 0 Å². The van der Waals surface area contributed by atoms with Crippen LogP contribution in [0.1, 0.15) is 5.56 Å². The summed E-state index contributed by atoms with van der Waals surface area (Å²) in [6.07, 6.45) is 2.36. The number of hydrogen-bond acceptors (Lipinski definition) is 6. The summed E-state index contributed by atoms with van der Waals surface area (Å²) in [5.74, 6) is -1.68. The van der Waals surface area contributed by atoms with Crippen LogP contribution in [0.4, 0.5) is 23.2 Å². The van der Waals surface area contributed by atoms with Gasteiger partial charge in [0.1, 0.15) is 5.75 Å². The van der Waals surface area contributed by atoms with Crippen molar-refractivity contribution in [3.8, 4) is 17.2 Å². The molecule has 2 aromatic carbocycles. The van der Waals surface area contributed by atoms with Gasteiger partial charge in [0.2, 0.25) is 0 Å². The molecule has 0 heterocycles. The first kappa shape index (κ1) is 23.5. The molecule has 1 N–H and O–H groups in total. The molecule has 2 rings (SSSR count). The molecule has 2 aromatic rings. The molecule has 0 aliphatic heterocycles. The summed E-state index contributed by atoms with van der Waals surface area (Å²) in [7, 11) is 1.27. The molecule has 0 aliphatic rings. The number of amides is 1. The van der Waals surface area contributed by atoms with E-state index in [1.54, 1.807) is 0 Å². The Hall–Kier alpha value is -3.76. The number of esters is 1. The number of hydrogen-bond donors (Lipinski definition) is 1. The Kier molecular flexibility index (Phi) is 8.67. The van der Waals surface area contributed by atoms with E-state index in [1.165, 1.54) is 55.7 Å². The monoisotopic (exact) mass is 443 g/mol. The summed E-state index contributed by atoms with van der Waals surface area (Å²) in [6.45, 7) is -6.57. The molecule has 0 atom stereocenters. The normalized spacial score (nSPS) is 10.9. The van der Waals surface area contributed by atoms with Gasteiger partial charge in [-0.15, -0.1) is 0 Å². The van der Waals surface area contributed by atoms with Crippen molar-refractivity contribution < 1.29 is 46.1 Å². The zero-order valence-corrected chi connectivity index (χ0v) is 16.0. The van der Waals surface area contributed by atoms with Gasteiger partial charge in [-0.1, -0.05) is 6.07 Å². The van der Waals surface area contributed by atoms with Gasteiger partial charge in [0.25, 0.3) is 5.91 Å². The number of nitrogens with one attached hydrogen (secondary N) is 1. The van der Waals surface area contributed by atoms with E-state index in [0.29, 0.717) is 5.56 Å². The first-order chi connectivity index (χ1) is 14.8. The Balaban J connectivity index is 1.84. The van der Waals surface area contributed by atoms with Crippen LogP contribution in [0.2, 0.25) is 0 Å². The molecule has 0 saturated heterocycles. The lowest BCUT2D eigenvalue weighted by Crippen LogP contribution is -2.20. The molecule has 1 amide bonds. The molecule has 31 heavy (non-hydrogen) atoms. The maximum Gasteiger partial charge on any atom is 0.387 e. The molecule has 0 radical (unpaired) electrons. The van der Waals surface area contributed by atoms with Crippen LogP contribution in [0.3, 0.4) is 0 Å². The number of carbonyl (C=O) groups excluding carboxylic acids is 2. The predicted molar refractivity (Wildman–Crippen MR) is 101 cm³/mol. The molecule has 0 bridgehead atoms.